The maximum atomic E-state index is 12.7. The molecule has 2 N–H and O–H groups in total. The highest BCUT2D eigenvalue weighted by Crippen LogP contribution is 2.30. The van der Waals surface area contributed by atoms with Gasteiger partial charge >= 0.3 is 6.03 Å². The average Bonchev–Trinajstić information content (AvgIpc) is 3.08. The average molecular weight is 395 g/mol. The van der Waals surface area contributed by atoms with Gasteiger partial charge in [0.15, 0.2) is 0 Å². The fourth-order valence-corrected chi connectivity index (χ4v) is 3.73. The van der Waals surface area contributed by atoms with E-state index in [2.05, 4.69) is 10.0 Å². The molecule has 1 aromatic carbocycles. The molecule has 1 saturated heterocycles. The second-order valence-electron chi connectivity index (χ2n) is 6.29. The third kappa shape index (κ3) is 3.72. The zero-order valence-electron chi connectivity index (χ0n) is 14.4. The van der Waals surface area contributed by atoms with Crippen molar-refractivity contribution in [1.29, 1.82) is 0 Å². The van der Waals surface area contributed by atoms with Crippen molar-refractivity contribution in [2.75, 3.05) is 6.54 Å². The molecule has 0 bridgehead atoms. The van der Waals surface area contributed by atoms with E-state index in [4.69, 9.17) is 11.6 Å². The van der Waals surface area contributed by atoms with E-state index >= 15 is 0 Å². The standard InChI is InChI=1S/C17H19ClN4O3S/c1-10(2)22-16(24)15-13(9-26-20-15)21(17(22)25)8-14(23)19-7-11-3-5-12(18)6-4-11/h3-6,9-10,15,20H,7-8H2,1-2H3,(H,19,23). The van der Waals surface area contributed by atoms with Crippen LogP contribution in [0.1, 0.15) is 19.4 Å². The quantitative estimate of drug-likeness (QED) is 0.747. The lowest BCUT2D eigenvalue weighted by Crippen LogP contribution is -2.62. The van der Waals surface area contributed by atoms with Crippen LogP contribution in [0.25, 0.3) is 0 Å². The third-order valence-electron chi connectivity index (χ3n) is 4.12. The number of fused-ring (bicyclic) bond motifs is 1. The zero-order chi connectivity index (χ0) is 18.8. The van der Waals surface area contributed by atoms with Gasteiger partial charge in [-0.05, 0) is 31.5 Å². The normalized spacial score (nSPS) is 19.7. The summed E-state index contributed by atoms with van der Waals surface area (Å²) in [6.45, 7) is 3.73. The molecule has 0 spiro atoms. The largest absolute Gasteiger partial charge is 0.350 e. The van der Waals surface area contributed by atoms with Gasteiger partial charge in [-0.2, -0.15) is 0 Å². The lowest BCUT2D eigenvalue weighted by molar-refractivity contribution is -0.134. The highest BCUT2D eigenvalue weighted by Gasteiger charge is 2.46. The van der Waals surface area contributed by atoms with Gasteiger partial charge in [0.2, 0.25) is 5.91 Å². The van der Waals surface area contributed by atoms with Crippen molar-refractivity contribution >= 4 is 41.4 Å². The zero-order valence-corrected chi connectivity index (χ0v) is 15.9. The Morgan fingerprint density at radius 2 is 2.00 bits per heavy atom. The predicted molar refractivity (Wildman–Crippen MR) is 100.0 cm³/mol. The summed E-state index contributed by atoms with van der Waals surface area (Å²) >= 11 is 7.09. The van der Waals surface area contributed by atoms with Gasteiger partial charge in [0.05, 0.1) is 5.70 Å². The van der Waals surface area contributed by atoms with E-state index in [1.54, 1.807) is 31.4 Å². The summed E-state index contributed by atoms with van der Waals surface area (Å²) in [6.07, 6.45) is 0. The number of benzene rings is 1. The first-order valence-corrected chi connectivity index (χ1v) is 9.41. The molecule has 26 heavy (non-hydrogen) atoms. The minimum atomic E-state index is -0.607. The van der Waals surface area contributed by atoms with E-state index in [9.17, 15) is 14.4 Å². The van der Waals surface area contributed by atoms with E-state index in [-0.39, 0.29) is 24.4 Å². The van der Waals surface area contributed by atoms with E-state index < -0.39 is 12.1 Å². The number of carbonyl (C=O) groups is 3. The summed E-state index contributed by atoms with van der Waals surface area (Å²) in [5, 5.41) is 5.11. The molecule has 2 heterocycles. The van der Waals surface area contributed by atoms with E-state index in [1.807, 2.05) is 12.1 Å². The predicted octanol–water partition coefficient (Wildman–Crippen LogP) is 2.09. The number of nitrogens with zero attached hydrogens (tertiary/aromatic N) is 2. The summed E-state index contributed by atoms with van der Waals surface area (Å²) < 4.78 is 2.97. The molecule has 1 unspecified atom stereocenters. The maximum absolute atomic E-state index is 12.7. The fourth-order valence-electron chi connectivity index (χ4n) is 2.80. The molecule has 1 fully saturated rings. The van der Waals surface area contributed by atoms with Crippen molar-refractivity contribution in [2.45, 2.75) is 32.5 Å². The molecule has 3 rings (SSSR count). The van der Waals surface area contributed by atoms with Crippen LogP contribution in [0.2, 0.25) is 5.02 Å². The number of hydrogen-bond donors (Lipinski definition) is 2. The number of amides is 4. The van der Waals surface area contributed by atoms with Crippen LogP contribution in [0, 0.1) is 0 Å². The van der Waals surface area contributed by atoms with Crippen LogP contribution in [0.15, 0.2) is 35.4 Å². The first-order chi connectivity index (χ1) is 12.4. The first-order valence-electron chi connectivity index (χ1n) is 8.15. The number of hydrogen-bond acceptors (Lipinski definition) is 5. The highest BCUT2D eigenvalue weighted by atomic mass is 35.5. The summed E-state index contributed by atoms with van der Waals surface area (Å²) in [5.74, 6) is -0.595. The molecule has 138 valence electrons. The Hall–Kier alpha value is -2.03. The Balaban J connectivity index is 1.68. The Labute approximate surface area is 160 Å². The number of urea groups is 1. The molecule has 7 nitrogen and oxygen atoms in total. The van der Waals surface area contributed by atoms with Gasteiger partial charge in [0, 0.05) is 23.0 Å². The minimum Gasteiger partial charge on any atom is -0.350 e. The Kier molecular flexibility index (Phi) is 5.55. The molecular weight excluding hydrogens is 376 g/mol. The molecule has 0 saturated carbocycles. The minimum absolute atomic E-state index is 0.145. The summed E-state index contributed by atoms with van der Waals surface area (Å²) in [5.41, 5.74) is 1.42. The van der Waals surface area contributed by atoms with Crippen molar-refractivity contribution in [2.24, 2.45) is 0 Å². The molecule has 1 aromatic rings. The third-order valence-corrected chi connectivity index (χ3v) is 5.10. The Morgan fingerprint density at radius 3 is 2.65 bits per heavy atom. The molecule has 0 aromatic heterocycles. The molecule has 2 aliphatic heterocycles. The van der Waals surface area contributed by atoms with Gasteiger partial charge in [0.1, 0.15) is 12.6 Å². The van der Waals surface area contributed by atoms with Crippen LogP contribution in [0.4, 0.5) is 4.79 Å². The number of halogens is 1. The SMILES string of the molecule is CC(C)N1C(=O)C2NSC=C2N(CC(=O)NCc2ccc(Cl)cc2)C1=O. The molecule has 9 heteroatoms. The fraction of sp³-hybridized carbons (Fsp3) is 0.353. The summed E-state index contributed by atoms with van der Waals surface area (Å²) in [4.78, 5) is 40.1. The van der Waals surface area contributed by atoms with Crippen LogP contribution in [0.5, 0.6) is 0 Å². The van der Waals surface area contributed by atoms with Gasteiger partial charge in [-0.15, -0.1) is 0 Å². The number of carbonyl (C=O) groups excluding carboxylic acids is 3. The van der Waals surface area contributed by atoms with Crippen LogP contribution in [0.3, 0.4) is 0 Å². The Morgan fingerprint density at radius 1 is 1.31 bits per heavy atom. The lowest BCUT2D eigenvalue weighted by atomic mass is 10.1. The van der Waals surface area contributed by atoms with E-state index in [1.165, 1.54) is 21.7 Å². The van der Waals surface area contributed by atoms with Crippen LogP contribution in [-0.4, -0.2) is 46.3 Å². The molecule has 0 aliphatic carbocycles. The second-order valence-corrected chi connectivity index (χ2v) is 7.43. The van der Waals surface area contributed by atoms with E-state index in [0.717, 1.165) is 5.56 Å². The number of rotatable bonds is 5. The van der Waals surface area contributed by atoms with E-state index in [0.29, 0.717) is 17.3 Å². The smallest absolute Gasteiger partial charge is 0.331 e. The van der Waals surface area contributed by atoms with Crippen molar-refractivity contribution in [3.8, 4) is 0 Å². The Bertz CT molecular complexity index is 766. The van der Waals surface area contributed by atoms with Crippen molar-refractivity contribution in [3.63, 3.8) is 0 Å². The van der Waals surface area contributed by atoms with Gasteiger partial charge in [-0.25, -0.2) is 9.52 Å². The van der Waals surface area contributed by atoms with Crippen molar-refractivity contribution in [3.05, 3.63) is 46.0 Å². The number of nitrogens with one attached hydrogen (secondary N) is 2. The van der Waals surface area contributed by atoms with Gasteiger partial charge in [-0.1, -0.05) is 35.7 Å². The van der Waals surface area contributed by atoms with Gasteiger partial charge in [-0.3, -0.25) is 19.4 Å². The van der Waals surface area contributed by atoms with Gasteiger partial charge < -0.3 is 5.32 Å². The van der Waals surface area contributed by atoms with Gasteiger partial charge in [0.25, 0.3) is 5.91 Å². The monoisotopic (exact) mass is 394 g/mol. The highest BCUT2D eigenvalue weighted by molar-refractivity contribution is 8.00. The van der Waals surface area contributed by atoms with Crippen molar-refractivity contribution in [1.82, 2.24) is 19.8 Å². The van der Waals surface area contributed by atoms with Crippen LogP contribution in [-0.2, 0) is 16.1 Å². The molecule has 1 atom stereocenters. The molecule has 2 aliphatic rings. The first kappa shape index (κ1) is 18.8. The molecule has 4 amide bonds. The lowest BCUT2D eigenvalue weighted by Gasteiger charge is -2.39. The van der Waals surface area contributed by atoms with Crippen LogP contribution >= 0.6 is 23.5 Å². The summed E-state index contributed by atoms with van der Waals surface area (Å²) in [6, 6.07) is 5.78. The molecule has 0 radical (unpaired) electrons. The van der Waals surface area contributed by atoms with Crippen molar-refractivity contribution < 1.29 is 14.4 Å². The number of imide groups is 1. The molecular formula is C17H19ClN4O3S. The summed E-state index contributed by atoms with van der Waals surface area (Å²) in [7, 11) is 0. The topological polar surface area (TPSA) is 81.8 Å². The maximum Gasteiger partial charge on any atom is 0.331 e. The second kappa shape index (κ2) is 7.69. The van der Waals surface area contributed by atoms with Crippen LogP contribution < -0.4 is 10.0 Å².